The normalized spacial score (nSPS) is 14.0. The van der Waals surface area contributed by atoms with E-state index in [0.717, 1.165) is 11.3 Å². The Morgan fingerprint density at radius 2 is 1.79 bits per heavy atom. The second-order valence-electron chi connectivity index (χ2n) is 5.28. The van der Waals surface area contributed by atoms with Crippen molar-refractivity contribution >= 4 is 13.4 Å². The maximum absolute atomic E-state index is 12.7. The van der Waals surface area contributed by atoms with Gasteiger partial charge in [-0.15, -0.1) is 0 Å². The highest BCUT2D eigenvalue weighted by Crippen LogP contribution is 2.23. The van der Waals surface area contributed by atoms with Crippen molar-refractivity contribution < 1.29 is 13.2 Å². The SMILES string of the molecule is C=C/C=C(\C=C\CN/C(=C\N=C)C(F)(F)F)C/C=C\C(NCC)=C(/C=C)N=C. The van der Waals surface area contributed by atoms with E-state index >= 15 is 0 Å². The molecule has 0 rings (SSSR count). The molecule has 0 radical (unpaired) electrons. The van der Waals surface area contributed by atoms with Crippen molar-refractivity contribution in [2.24, 2.45) is 9.98 Å². The predicted molar refractivity (Wildman–Crippen MR) is 113 cm³/mol. The number of aliphatic imine (C=N–C) groups is 2. The summed E-state index contributed by atoms with van der Waals surface area (Å²) in [5, 5.41) is 5.45. The molecule has 0 spiro atoms. The molecule has 0 aromatic carbocycles. The second-order valence-corrected chi connectivity index (χ2v) is 5.28. The summed E-state index contributed by atoms with van der Waals surface area (Å²) in [6, 6.07) is 0. The van der Waals surface area contributed by atoms with Gasteiger partial charge in [-0.2, -0.15) is 13.2 Å². The monoisotopic (exact) mass is 392 g/mol. The molecule has 4 nitrogen and oxygen atoms in total. The van der Waals surface area contributed by atoms with Crippen molar-refractivity contribution in [1.82, 2.24) is 10.6 Å². The first-order valence-corrected chi connectivity index (χ1v) is 8.53. The molecule has 0 unspecified atom stereocenters. The van der Waals surface area contributed by atoms with Gasteiger partial charge in [0.1, 0.15) is 5.70 Å². The molecule has 0 fully saturated rings. The zero-order valence-electron chi connectivity index (χ0n) is 16.1. The molecule has 2 N–H and O–H groups in total. The average Bonchev–Trinajstić information content (AvgIpc) is 2.64. The van der Waals surface area contributed by atoms with Crippen LogP contribution in [0.25, 0.3) is 0 Å². The van der Waals surface area contributed by atoms with Gasteiger partial charge in [0.2, 0.25) is 0 Å². The van der Waals surface area contributed by atoms with Gasteiger partial charge in [-0.05, 0) is 44.5 Å². The molecule has 0 aliphatic carbocycles. The third-order valence-electron chi connectivity index (χ3n) is 3.24. The van der Waals surface area contributed by atoms with Gasteiger partial charge in [0, 0.05) is 13.1 Å². The summed E-state index contributed by atoms with van der Waals surface area (Å²) in [5.74, 6) is 0. The largest absolute Gasteiger partial charge is 0.432 e. The van der Waals surface area contributed by atoms with E-state index in [4.69, 9.17) is 0 Å². The molecule has 0 saturated carbocycles. The van der Waals surface area contributed by atoms with Crippen LogP contribution in [0.1, 0.15) is 13.3 Å². The van der Waals surface area contributed by atoms with Crippen LogP contribution in [0.3, 0.4) is 0 Å². The van der Waals surface area contributed by atoms with Crippen molar-refractivity contribution in [3.05, 3.63) is 84.6 Å². The lowest BCUT2D eigenvalue weighted by molar-refractivity contribution is -0.0965. The number of rotatable bonds is 13. The highest BCUT2D eigenvalue weighted by atomic mass is 19.4. The molecule has 28 heavy (non-hydrogen) atoms. The lowest BCUT2D eigenvalue weighted by atomic mass is 10.1. The minimum atomic E-state index is -4.51. The van der Waals surface area contributed by atoms with E-state index in [1.54, 1.807) is 30.4 Å². The minimum Gasteiger partial charge on any atom is -0.384 e. The minimum absolute atomic E-state index is 0.0113. The highest BCUT2D eigenvalue weighted by molar-refractivity contribution is 5.39. The number of allylic oxidation sites excluding steroid dienone is 8. The molecule has 0 aromatic rings. The zero-order valence-corrected chi connectivity index (χ0v) is 16.1. The summed E-state index contributed by atoms with van der Waals surface area (Å²) in [6.07, 6.45) is 8.78. The molecule has 0 amide bonds. The van der Waals surface area contributed by atoms with Gasteiger partial charge in [-0.25, -0.2) is 0 Å². The van der Waals surface area contributed by atoms with Crippen LogP contribution >= 0.6 is 0 Å². The standard InChI is InChI=1S/C21H27F3N4/c1-6-11-17(12-9-14-19(27-8-3)18(7-2)26-5)13-10-15-28-20(16-25-4)21(22,23)24/h6-7,9-11,13-14,16,27-28H,1-2,4-5,8,12,15H2,3H3/b13-10+,14-9-,17-11-,19-18-,20-16-. The van der Waals surface area contributed by atoms with Crippen molar-refractivity contribution in [1.29, 1.82) is 0 Å². The predicted octanol–water partition coefficient (Wildman–Crippen LogP) is 5.00. The van der Waals surface area contributed by atoms with Gasteiger partial charge in [-0.3, -0.25) is 9.98 Å². The summed E-state index contributed by atoms with van der Waals surface area (Å²) in [4.78, 5) is 7.07. The van der Waals surface area contributed by atoms with E-state index in [-0.39, 0.29) is 6.54 Å². The number of nitrogens with zero attached hydrogens (tertiary/aromatic N) is 2. The van der Waals surface area contributed by atoms with Crippen molar-refractivity contribution in [3.8, 4) is 0 Å². The molecule has 0 aliphatic heterocycles. The molecule has 0 atom stereocenters. The fourth-order valence-corrected chi connectivity index (χ4v) is 2.03. The van der Waals surface area contributed by atoms with Gasteiger partial charge < -0.3 is 10.6 Å². The molecule has 0 aliphatic rings. The maximum atomic E-state index is 12.7. The third-order valence-corrected chi connectivity index (χ3v) is 3.24. The van der Waals surface area contributed by atoms with Gasteiger partial charge >= 0.3 is 6.18 Å². The Bertz CT molecular complexity index is 683. The number of alkyl halides is 3. The van der Waals surface area contributed by atoms with E-state index in [9.17, 15) is 13.2 Å². The summed E-state index contributed by atoms with van der Waals surface area (Å²) in [5.41, 5.74) is 1.34. The van der Waals surface area contributed by atoms with Gasteiger partial charge in [0.15, 0.2) is 0 Å². The summed E-state index contributed by atoms with van der Waals surface area (Å²) >= 11 is 0. The molecule has 0 bridgehead atoms. The Morgan fingerprint density at radius 3 is 2.29 bits per heavy atom. The van der Waals surface area contributed by atoms with E-state index in [1.807, 2.05) is 19.1 Å². The lowest BCUT2D eigenvalue weighted by Crippen LogP contribution is -2.26. The average molecular weight is 392 g/mol. The molecule has 152 valence electrons. The maximum Gasteiger partial charge on any atom is 0.432 e. The van der Waals surface area contributed by atoms with E-state index in [1.165, 1.54) is 0 Å². The Morgan fingerprint density at radius 1 is 1.07 bits per heavy atom. The summed E-state index contributed by atoms with van der Waals surface area (Å²) in [6.45, 7) is 16.6. The summed E-state index contributed by atoms with van der Waals surface area (Å²) < 4.78 is 38.2. The Hall–Kier alpha value is -3.09. The molecule has 0 saturated heterocycles. The van der Waals surface area contributed by atoms with E-state index < -0.39 is 11.9 Å². The Balaban J connectivity index is 5.06. The van der Waals surface area contributed by atoms with Crippen LogP contribution in [-0.2, 0) is 0 Å². The number of hydrogen-bond acceptors (Lipinski definition) is 4. The van der Waals surface area contributed by atoms with Crippen LogP contribution in [0, 0.1) is 0 Å². The number of hydrogen-bond donors (Lipinski definition) is 2. The van der Waals surface area contributed by atoms with Crippen LogP contribution in [0.2, 0.25) is 0 Å². The smallest absolute Gasteiger partial charge is 0.384 e. The molecular weight excluding hydrogens is 365 g/mol. The van der Waals surface area contributed by atoms with E-state index in [2.05, 4.69) is 47.2 Å². The number of halogens is 3. The number of nitrogens with one attached hydrogen (secondary N) is 2. The van der Waals surface area contributed by atoms with Gasteiger partial charge in [0.25, 0.3) is 0 Å². The van der Waals surface area contributed by atoms with Crippen LogP contribution in [0.4, 0.5) is 13.2 Å². The Kier molecular flexibility index (Phi) is 12.5. The zero-order chi connectivity index (χ0) is 21.4. The molecule has 0 aromatic heterocycles. The first kappa shape index (κ1) is 24.9. The van der Waals surface area contributed by atoms with Crippen LogP contribution in [-0.4, -0.2) is 32.7 Å². The van der Waals surface area contributed by atoms with Crippen molar-refractivity contribution in [2.45, 2.75) is 19.5 Å². The first-order chi connectivity index (χ1) is 13.3. The lowest BCUT2D eigenvalue weighted by Gasteiger charge is -2.11. The molecule has 0 heterocycles. The second kappa shape index (κ2) is 14.0. The van der Waals surface area contributed by atoms with Gasteiger partial charge in [-0.1, -0.05) is 43.5 Å². The van der Waals surface area contributed by atoms with Crippen LogP contribution < -0.4 is 10.6 Å². The van der Waals surface area contributed by atoms with Crippen LogP contribution in [0.15, 0.2) is 94.5 Å². The quantitative estimate of drug-likeness (QED) is 0.342. The Labute approximate surface area is 165 Å². The fraction of sp³-hybridized carbons (Fsp3) is 0.238. The third kappa shape index (κ3) is 10.2. The van der Waals surface area contributed by atoms with Gasteiger partial charge in [0.05, 0.1) is 17.6 Å². The first-order valence-electron chi connectivity index (χ1n) is 8.53. The van der Waals surface area contributed by atoms with E-state index in [0.29, 0.717) is 24.9 Å². The number of likely N-dealkylation sites (N-methyl/N-ethyl adjacent to an activating group) is 1. The van der Waals surface area contributed by atoms with Crippen molar-refractivity contribution in [3.63, 3.8) is 0 Å². The summed E-state index contributed by atoms with van der Waals surface area (Å²) in [7, 11) is 0. The molecule has 7 heteroatoms. The van der Waals surface area contributed by atoms with Crippen LogP contribution in [0.5, 0.6) is 0 Å². The van der Waals surface area contributed by atoms with Crippen molar-refractivity contribution in [2.75, 3.05) is 13.1 Å². The highest BCUT2D eigenvalue weighted by Gasteiger charge is 2.33. The molecular formula is C21H27F3N4. The topological polar surface area (TPSA) is 48.8 Å². The fourth-order valence-electron chi connectivity index (χ4n) is 2.03.